The highest BCUT2D eigenvalue weighted by Gasteiger charge is 2.28. The van der Waals surface area contributed by atoms with Crippen LogP contribution >= 0.6 is 11.6 Å². The third-order valence-corrected chi connectivity index (χ3v) is 2.71. The van der Waals surface area contributed by atoms with Gasteiger partial charge in [0.1, 0.15) is 11.6 Å². The van der Waals surface area contributed by atoms with E-state index >= 15 is 0 Å². The predicted octanol–water partition coefficient (Wildman–Crippen LogP) is 3.66. The van der Waals surface area contributed by atoms with E-state index in [-0.39, 0.29) is 16.0 Å². The van der Waals surface area contributed by atoms with Crippen LogP contribution in [0.1, 0.15) is 32.4 Å². The van der Waals surface area contributed by atoms with Gasteiger partial charge in [-0.2, -0.15) is 0 Å². The number of hydrogen-bond acceptors (Lipinski definition) is 1. The van der Waals surface area contributed by atoms with E-state index in [9.17, 15) is 8.78 Å². The van der Waals surface area contributed by atoms with Crippen molar-refractivity contribution < 1.29 is 8.78 Å². The average molecular weight is 234 g/mol. The van der Waals surface area contributed by atoms with Gasteiger partial charge in [0.15, 0.2) is 0 Å². The fraction of sp³-hybridized carbons (Fsp3) is 0.455. The molecule has 1 aromatic carbocycles. The van der Waals surface area contributed by atoms with Crippen LogP contribution in [0.4, 0.5) is 8.78 Å². The summed E-state index contributed by atoms with van der Waals surface area (Å²) in [6, 6.07) is 1.40. The van der Waals surface area contributed by atoms with Crippen LogP contribution in [0.3, 0.4) is 0 Å². The molecule has 4 heteroatoms. The summed E-state index contributed by atoms with van der Waals surface area (Å²) in [6.45, 7) is 5.54. The lowest BCUT2D eigenvalue weighted by atomic mass is 9.83. The van der Waals surface area contributed by atoms with Crippen molar-refractivity contribution in [3.63, 3.8) is 0 Å². The lowest BCUT2D eigenvalue weighted by molar-refractivity contribution is 0.318. The first-order valence-electron chi connectivity index (χ1n) is 4.64. The minimum atomic E-state index is -0.646. The van der Waals surface area contributed by atoms with Crippen LogP contribution in [0.2, 0.25) is 5.02 Å². The first kappa shape index (κ1) is 12.4. The topological polar surface area (TPSA) is 26.0 Å². The van der Waals surface area contributed by atoms with Crippen molar-refractivity contribution in [1.82, 2.24) is 0 Å². The lowest BCUT2D eigenvalue weighted by Crippen LogP contribution is -2.27. The minimum Gasteiger partial charge on any atom is -0.323 e. The Hall–Kier alpha value is -0.670. The van der Waals surface area contributed by atoms with Crippen molar-refractivity contribution in [3.05, 3.63) is 34.4 Å². The van der Waals surface area contributed by atoms with Crippen molar-refractivity contribution in [2.75, 3.05) is 0 Å². The molecule has 0 aliphatic rings. The standard InChI is InChI=1S/C11H14ClF2N/c1-11(2,3)10(15)8-6(13)4-5-7(14)9(8)12/h4-5,10H,15H2,1-3H3/t10-/m0/s1. The molecular weight excluding hydrogens is 220 g/mol. The van der Waals surface area contributed by atoms with Gasteiger partial charge in [-0.05, 0) is 17.5 Å². The summed E-state index contributed by atoms with van der Waals surface area (Å²) in [5.41, 5.74) is 5.52. The molecular formula is C11H14ClF2N. The smallest absolute Gasteiger partial charge is 0.142 e. The van der Waals surface area contributed by atoms with Crippen molar-refractivity contribution in [1.29, 1.82) is 0 Å². The van der Waals surface area contributed by atoms with Crippen LogP contribution in [-0.2, 0) is 0 Å². The van der Waals surface area contributed by atoms with Crippen molar-refractivity contribution in [3.8, 4) is 0 Å². The lowest BCUT2D eigenvalue weighted by Gasteiger charge is -2.28. The van der Waals surface area contributed by atoms with E-state index in [4.69, 9.17) is 17.3 Å². The molecule has 0 spiro atoms. The first-order chi connectivity index (χ1) is 6.75. The van der Waals surface area contributed by atoms with Crippen LogP contribution in [0, 0.1) is 17.0 Å². The summed E-state index contributed by atoms with van der Waals surface area (Å²) >= 11 is 5.70. The van der Waals surface area contributed by atoms with Gasteiger partial charge >= 0.3 is 0 Å². The Morgan fingerprint density at radius 2 is 1.67 bits per heavy atom. The number of nitrogens with two attached hydrogens (primary N) is 1. The summed E-state index contributed by atoms with van der Waals surface area (Å²) in [7, 11) is 0. The number of hydrogen-bond donors (Lipinski definition) is 1. The highest BCUT2D eigenvalue weighted by atomic mass is 35.5. The van der Waals surface area contributed by atoms with Crippen LogP contribution in [-0.4, -0.2) is 0 Å². The third-order valence-electron chi connectivity index (χ3n) is 2.32. The van der Waals surface area contributed by atoms with Gasteiger partial charge in [-0.3, -0.25) is 0 Å². The molecule has 0 saturated carbocycles. The van der Waals surface area contributed by atoms with E-state index in [0.717, 1.165) is 12.1 Å². The zero-order valence-electron chi connectivity index (χ0n) is 8.94. The number of rotatable bonds is 1. The molecule has 2 N–H and O–H groups in total. The molecule has 15 heavy (non-hydrogen) atoms. The maximum Gasteiger partial charge on any atom is 0.142 e. The second-order valence-electron chi connectivity index (χ2n) is 4.60. The zero-order chi connectivity index (χ0) is 11.8. The Balaban J connectivity index is 3.31. The molecule has 1 rings (SSSR count). The second kappa shape index (κ2) is 4.06. The molecule has 0 aromatic heterocycles. The van der Waals surface area contributed by atoms with E-state index in [2.05, 4.69) is 0 Å². The quantitative estimate of drug-likeness (QED) is 0.736. The van der Waals surface area contributed by atoms with Gasteiger partial charge in [0.05, 0.1) is 5.02 Å². The van der Waals surface area contributed by atoms with Crippen LogP contribution in [0.25, 0.3) is 0 Å². The van der Waals surface area contributed by atoms with Gasteiger partial charge in [0.25, 0.3) is 0 Å². The van der Waals surface area contributed by atoms with Gasteiger partial charge in [-0.1, -0.05) is 32.4 Å². The Kier molecular flexibility index (Phi) is 3.36. The van der Waals surface area contributed by atoms with Gasteiger partial charge < -0.3 is 5.73 Å². The fourth-order valence-electron chi connectivity index (χ4n) is 1.26. The van der Waals surface area contributed by atoms with Crippen molar-refractivity contribution >= 4 is 11.6 Å². The molecule has 0 radical (unpaired) electrons. The normalized spacial score (nSPS) is 14.1. The van der Waals surface area contributed by atoms with E-state index < -0.39 is 17.7 Å². The molecule has 1 atom stereocenters. The first-order valence-corrected chi connectivity index (χ1v) is 5.02. The molecule has 84 valence electrons. The summed E-state index contributed by atoms with van der Waals surface area (Å²) in [5, 5.41) is -0.225. The molecule has 1 nitrogen and oxygen atoms in total. The van der Waals surface area contributed by atoms with Gasteiger partial charge in [-0.15, -0.1) is 0 Å². The molecule has 0 fully saturated rings. The molecule has 0 unspecified atom stereocenters. The summed E-state index contributed by atoms with van der Waals surface area (Å²) in [5.74, 6) is -1.21. The minimum absolute atomic E-state index is 0.0455. The second-order valence-corrected chi connectivity index (χ2v) is 4.98. The third kappa shape index (κ3) is 2.47. The van der Waals surface area contributed by atoms with Crippen molar-refractivity contribution in [2.45, 2.75) is 26.8 Å². The maximum atomic E-state index is 13.5. The molecule has 0 saturated heterocycles. The Bertz CT molecular complexity index is 372. The molecule has 0 heterocycles. The summed E-state index contributed by atoms with van der Waals surface area (Å²) in [4.78, 5) is 0. The molecule has 0 aliphatic heterocycles. The number of benzene rings is 1. The number of halogens is 3. The fourth-order valence-corrected chi connectivity index (χ4v) is 1.53. The van der Waals surface area contributed by atoms with E-state index in [1.807, 2.05) is 20.8 Å². The Morgan fingerprint density at radius 1 is 1.20 bits per heavy atom. The zero-order valence-corrected chi connectivity index (χ0v) is 9.70. The summed E-state index contributed by atoms with van der Waals surface area (Å²) in [6.07, 6.45) is 0. The molecule has 1 aromatic rings. The largest absolute Gasteiger partial charge is 0.323 e. The Labute approximate surface area is 93.2 Å². The highest BCUT2D eigenvalue weighted by molar-refractivity contribution is 6.31. The highest BCUT2D eigenvalue weighted by Crippen LogP contribution is 2.36. The van der Waals surface area contributed by atoms with Crippen LogP contribution < -0.4 is 5.73 Å². The Morgan fingerprint density at radius 3 is 2.13 bits per heavy atom. The maximum absolute atomic E-state index is 13.5. The SMILES string of the molecule is CC(C)(C)[C@@H](N)c1c(F)ccc(F)c1Cl. The van der Waals surface area contributed by atoms with Gasteiger partial charge in [0, 0.05) is 11.6 Å². The predicted molar refractivity (Wildman–Crippen MR) is 57.8 cm³/mol. The van der Waals surface area contributed by atoms with Crippen LogP contribution in [0.5, 0.6) is 0 Å². The molecule has 0 aliphatic carbocycles. The van der Waals surface area contributed by atoms with E-state index in [0.29, 0.717) is 0 Å². The van der Waals surface area contributed by atoms with Gasteiger partial charge in [0.2, 0.25) is 0 Å². The van der Waals surface area contributed by atoms with E-state index in [1.165, 1.54) is 0 Å². The monoisotopic (exact) mass is 233 g/mol. The molecule has 0 amide bonds. The van der Waals surface area contributed by atoms with Crippen LogP contribution in [0.15, 0.2) is 12.1 Å². The van der Waals surface area contributed by atoms with E-state index in [1.54, 1.807) is 0 Å². The summed E-state index contributed by atoms with van der Waals surface area (Å²) < 4.78 is 26.6. The molecule has 0 bridgehead atoms. The van der Waals surface area contributed by atoms with Gasteiger partial charge in [-0.25, -0.2) is 8.78 Å². The average Bonchev–Trinajstić information content (AvgIpc) is 2.10. The van der Waals surface area contributed by atoms with Crippen molar-refractivity contribution in [2.24, 2.45) is 11.1 Å².